The molecule has 0 aliphatic carbocycles. The highest BCUT2D eigenvalue weighted by Gasteiger charge is 2.05. The molecule has 2 N–H and O–H groups in total. The summed E-state index contributed by atoms with van der Waals surface area (Å²) >= 11 is 0. The first-order valence-corrected chi connectivity index (χ1v) is 6.51. The minimum Gasteiger partial charge on any atom is -0.481 e. The van der Waals surface area contributed by atoms with Gasteiger partial charge in [0.2, 0.25) is 0 Å². The third-order valence-corrected chi connectivity index (χ3v) is 3.01. The number of unbranched alkanes of at least 4 members (excludes halogenated alkanes) is 2. The number of hydrogen-bond donors (Lipinski definition) is 2. The maximum atomic E-state index is 10.3. The van der Waals surface area contributed by atoms with E-state index in [1.54, 1.807) is 0 Å². The fourth-order valence-electron chi connectivity index (χ4n) is 1.78. The van der Waals surface area contributed by atoms with Crippen molar-refractivity contribution in [2.24, 2.45) is 5.92 Å². The minimum absolute atomic E-state index is 0.308. The van der Waals surface area contributed by atoms with Crippen LogP contribution >= 0.6 is 0 Å². The van der Waals surface area contributed by atoms with Gasteiger partial charge in [-0.25, -0.2) is 0 Å². The van der Waals surface area contributed by atoms with Crippen LogP contribution in [-0.4, -0.2) is 23.7 Å². The van der Waals surface area contributed by atoms with Crippen molar-refractivity contribution in [2.75, 3.05) is 6.54 Å². The molecule has 2 unspecified atom stereocenters. The molecule has 0 heterocycles. The van der Waals surface area contributed by atoms with Crippen LogP contribution in [0.5, 0.6) is 0 Å². The van der Waals surface area contributed by atoms with Crippen molar-refractivity contribution in [3.63, 3.8) is 0 Å². The molecule has 3 nitrogen and oxygen atoms in total. The lowest BCUT2D eigenvalue weighted by Gasteiger charge is -2.17. The fraction of sp³-hybridized carbons (Fsp3) is 0.923. The Bertz CT molecular complexity index is 183. The van der Waals surface area contributed by atoms with Crippen LogP contribution < -0.4 is 5.32 Å². The number of carboxylic acid groups (broad SMARTS) is 1. The molecule has 0 aromatic heterocycles. The lowest BCUT2D eigenvalue weighted by molar-refractivity contribution is -0.137. The summed E-state index contributed by atoms with van der Waals surface area (Å²) in [5, 5.41) is 12.0. The van der Waals surface area contributed by atoms with Gasteiger partial charge in [-0.1, -0.05) is 26.7 Å². The van der Waals surface area contributed by atoms with Gasteiger partial charge in [0, 0.05) is 12.5 Å². The minimum atomic E-state index is -0.682. The Balaban J connectivity index is 3.27. The zero-order chi connectivity index (χ0) is 12.4. The molecule has 96 valence electrons. The van der Waals surface area contributed by atoms with Gasteiger partial charge in [-0.15, -0.1) is 0 Å². The molecule has 0 saturated carbocycles. The quantitative estimate of drug-likeness (QED) is 0.566. The van der Waals surface area contributed by atoms with E-state index in [1.807, 2.05) is 0 Å². The molecule has 0 bridgehead atoms. The predicted molar refractivity (Wildman–Crippen MR) is 67.6 cm³/mol. The second-order valence-electron chi connectivity index (χ2n) is 4.81. The number of aliphatic carboxylic acids is 1. The van der Waals surface area contributed by atoms with Crippen LogP contribution in [0.25, 0.3) is 0 Å². The van der Waals surface area contributed by atoms with Gasteiger partial charge in [0.1, 0.15) is 0 Å². The average Bonchev–Trinajstić information content (AvgIpc) is 2.22. The monoisotopic (exact) mass is 229 g/mol. The number of hydrogen-bond acceptors (Lipinski definition) is 2. The van der Waals surface area contributed by atoms with Gasteiger partial charge in [-0.3, -0.25) is 4.79 Å². The van der Waals surface area contributed by atoms with Gasteiger partial charge in [0.05, 0.1) is 0 Å². The van der Waals surface area contributed by atoms with Gasteiger partial charge in [-0.2, -0.15) is 0 Å². The maximum absolute atomic E-state index is 10.3. The van der Waals surface area contributed by atoms with Crippen LogP contribution in [0.2, 0.25) is 0 Å². The summed E-state index contributed by atoms with van der Waals surface area (Å²) in [6.45, 7) is 7.74. The van der Waals surface area contributed by atoms with E-state index in [0.29, 0.717) is 12.5 Å². The van der Waals surface area contributed by atoms with E-state index in [9.17, 15) is 4.79 Å². The molecule has 0 saturated heterocycles. The predicted octanol–water partition coefficient (Wildman–Crippen LogP) is 3.05. The molecule has 0 rings (SSSR count). The van der Waals surface area contributed by atoms with E-state index in [-0.39, 0.29) is 0 Å². The first-order valence-electron chi connectivity index (χ1n) is 6.51. The molecule has 16 heavy (non-hydrogen) atoms. The standard InChI is InChI=1S/C13H27NO2/c1-4-11(2)10-12(3)14-9-7-5-6-8-13(15)16/h11-12,14H,4-10H2,1-3H3,(H,15,16). The average molecular weight is 229 g/mol. The van der Waals surface area contributed by atoms with E-state index in [2.05, 4.69) is 26.1 Å². The van der Waals surface area contributed by atoms with Crippen molar-refractivity contribution in [1.82, 2.24) is 5.32 Å². The van der Waals surface area contributed by atoms with Gasteiger partial charge in [-0.05, 0) is 38.6 Å². The Hall–Kier alpha value is -0.570. The molecule has 2 atom stereocenters. The number of rotatable bonds is 10. The molecule has 0 radical (unpaired) electrons. The van der Waals surface area contributed by atoms with Gasteiger partial charge in [0.15, 0.2) is 0 Å². The molecule has 3 heteroatoms. The van der Waals surface area contributed by atoms with Crippen LogP contribution in [-0.2, 0) is 4.79 Å². The summed E-state index contributed by atoms with van der Waals surface area (Å²) in [7, 11) is 0. The summed E-state index contributed by atoms with van der Waals surface area (Å²) in [6.07, 6.45) is 5.67. The van der Waals surface area contributed by atoms with E-state index >= 15 is 0 Å². The molecule has 0 fully saturated rings. The van der Waals surface area contributed by atoms with Crippen molar-refractivity contribution in [3.8, 4) is 0 Å². The molecule has 0 aromatic carbocycles. The van der Waals surface area contributed by atoms with Crippen LogP contribution in [0.4, 0.5) is 0 Å². The molecule has 0 amide bonds. The third-order valence-electron chi connectivity index (χ3n) is 3.01. The van der Waals surface area contributed by atoms with E-state index in [1.165, 1.54) is 12.8 Å². The first-order chi connectivity index (χ1) is 7.56. The third kappa shape index (κ3) is 9.97. The number of carboxylic acids is 1. The molecular weight excluding hydrogens is 202 g/mol. The zero-order valence-corrected chi connectivity index (χ0v) is 11.0. The van der Waals surface area contributed by atoms with E-state index in [4.69, 9.17) is 5.11 Å². The topological polar surface area (TPSA) is 49.3 Å². The lowest BCUT2D eigenvalue weighted by Crippen LogP contribution is -2.28. The highest BCUT2D eigenvalue weighted by molar-refractivity contribution is 5.66. The Morgan fingerprint density at radius 3 is 2.50 bits per heavy atom. The van der Waals surface area contributed by atoms with Crippen molar-refractivity contribution in [1.29, 1.82) is 0 Å². The number of nitrogens with one attached hydrogen (secondary N) is 1. The van der Waals surface area contributed by atoms with Gasteiger partial charge >= 0.3 is 5.97 Å². The summed E-state index contributed by atoms with van der Waals surface area (Å²) < 4.78 is 0. The molecular formula is C13H27NO2. The molecule has 0 aliphatic rings. The van der Waals surface area contributed by atoms with Crippen LogP contribution in [0.15, 0.2) is 0 Å². The molecule has 0 spiro atoms. The SMILES string of the molecule is CCC(C)CC(C)NCCCCCC(=O)O. The maximum Gasteiger partial charge on any atom is 0.303 e. The highest BCUT2D eigenvalue weighted by Crippen LogP contribution is 2.09. The van der Waals surface area contributed by atoms with Crippen molar-refractivity contribution >= 4 is 5.97 Å². The number of carbonyl (C=O) groups is 1. The summed E-state index contributed by atoms with van der Waals surface area (Å²) in [5.74, 6) is 0.104. The van der Waals surface area contributed by atoms with Crippen LogP contribution in [0.3, 0.4) is 0 Å². The lowest BCUT2D eigenvalue weighted by atomic mass is 10.0. The largest absolute Gasteiger partial charge is 0.481 e. The Morgan fingerprint density at radius 1 is 1.25 bits per heavy atom. The fourth-order valence-corrected chi connectivity index (χ4v) is 1.78. The van der Waals surface area contributed by atoms with Crippen molar-refractivity contribution in [2.45, 2.75) is 65.3 Å². The Labute approximate surface area is 99.6 Å². The zero-order valence-electron chi connectivity index (χ0n) is 11.0. The summed E-state index contributed by atoms with van der Waals surface area (Å²) in [4.78, 5) is 10.3. The van der Waals surface area contributed by atoms with Gasteiger partial charge < -0.3 is 10.4 Å². The molecule has 0 aliphatic heterocycles. The van der Waals surface area contributed by atoms with Crippen molar-refractivity contribution < 1.29 is 9.90 Å². The van der Waals surface area contributed by atoms with E-state index < -0.39 is 5.97 Å². The second kappa shape index (κ2) is 9.64. The molecule has 0 aromatic rings. The summed E-state index contributed by atoms with van der Waals surface area (Å²) in [6, 6.07) is 0.578. The highest BCUT2D eigenvalue weighted by atomic mass is 16.4. The smallest absolute Gasteiger partial charge is 0.303 e. The van der Waals surface area contributed by atoms with Crippen molar-refractivity contribution in [3.05, 3.63) is 0 Å². The van der Waals surface area contributed by atoms with E-state index in [0.717, 1.165) is 31.7 Å². The van der Waals surface area contributed by atoms with Crippen LogP contribution in [0, 0.1) is 5.92 Å². The summed E-state index contributed by atoms with van der Waals surface area (Å²) in [5.41, 5.74) is 0. The second-order valence-corrected chi connectivity index (χ2v) is 4.81. The Morgan fingerprint density at radius 2 is 1.94 bits per heavy atom. The van der Waals surface area contributed by atoms with Gasteiger partial charge in [0.25, 0.3) is 0 Å². The first kappa shape index (κ1) is 15.4. The Kier molecular flexibility index (Phi) is 9.30. The van der Waals surface area contributed by atoms with Crippen LogP contribution in [0.1, 0.15) is 59.3 Å². The normalized spacial score (nSPS) is 14.7.